The van der Waals surface area contributed by atoms with Crippen LogP contribution >= 0.6 is 11.3 Å². The molecule has 1 aromatic rings. The number of nitriles is 1. The summed E-state index contributed by atoms with van der Waals surface area (Å²) in [5.74, 6) is 0. The molecule has 5 unspecified atom stereocenters. The molecular weight excluding hydrogens is 345 g/mol. The van der Waals surface area contributed by atoms with Crippen LogP contribution in [0.15, 0.2) is 10.4 Å². The summed E-state index contributed by atoms with van der Waals surface area (Å²) in [4.78, 5) is 6.90. The fourth-order valence-electron chi connectivity index (χ4n) is 3.59. The van der Waals surface area contributed by atoms with Crippen molar-refractivity contribution in [2.45, 2.75) is 43.4 Å². The average molecular weight is 367 g/mol. The molecule has 0 spiro atoms. The van der Waals surface area contributed by atoms with E-state index in [1.165, 1.54) is 32.5 Å². The van der Waals surface area contributed by atoms with Crippen molar-refractivity contribution >= 4 is 23.4 Å². The molecule has 8 heteroatoms. The first-order chi connectivity index (χ1) is 11.8. The van der Waals surface area contributed by atoms with E-state index < -0.39 is 23.5 Å². The van der Waals surface area contributed by atoms with Crippen molar-refractivity contribution in [1.82, 2.24) is 4.90 Å². The van der Waals surface area contributed by atoms with Gasteiger partial charge in [0.05, 0.1) is 29.6 Å². The van der Waals surface area contributed by atoms with Gasteiger partial charge in [-0.05, 0) is 19.2 Å². The lowest BCUT2D eigenvalue weighted by Crippen LogP contribution is -2.48. The summed E-state index contributed by atoms with van der Waals surface area (Å²) < 4.78 is 32.4. The number of alkyl halides is 1. The first-order valence-corrected chi connectivity index (χ1v) is 8.89. The van der Waals surface area contributed by atoms with Gasteiger partial charge in [0.25, 0.3) is 0 Å². The van der Waals surface area contributed by atoms with E-state index in [0.717, 1.165) is 5.56 Å². The van der Waals surface area contributed by atoms with Crippen LogP contribution in [-0.2, 0) is 19.8 Å². The van der Waals surface area contributed by atoms with E-state index >= 15 is 4.39 Å². The highest BCUT2D eigenvalue weighted by molar-refractivity contribution is 7.11. The fourth-order valence-corrected chi connectivity index (χ4v) is 4.88. The third-order valence-corrected chi connectivity index (χ3v) is 6.26. The highest BCUT2D eigenvalue weighted by Gasteiger charge is 2.68. The molecule has 1 fully saturated rings. The van der Waals surface area contributed by atoms with Gasteiger partial charge in [-0.25, -0.2) is 9.38 Å². The van der Waals surface area contributed by atoms with E-state index in [1.54, 1.807) is 6.34 Å². The van der Waals surface area contributed by atoms with Crippen LogP contribution in [0.5, 0.6) is 0 Å². The Morgan fingerprint density at radius 2 is 2.24 bits per heavy atom. The second-order valence-corrected chi connectivity index (χ2v) is 7.47. The third-order valence-electron chi connectivity index (χ3n) is 5.17. The van der Waals surface area contributed by atoms with Gasteiger partial charge in [0.1, 0.15) is 18.3 Å². The van der Waals surface area contributed by atoms with Crippen LogP contribution in [0.4, 0.5) is 10.1 Å². The zero-order chi connectivity index (χ0) is 18.4. The van der Waals surface area contributed by atoms with E-state index in [9.17, 15) is 5.26 Å². The molecule has 3 heterocycles. The quantitative estimate of drug-likeness (QED) is 0.819. The zero-order valence-electron chi connectivity index (χ0n) is 14.9. The molecule has 0 N–H and O–H groups in total. The lowest BCUT2D eigenvalue weighted by atomic mass is 9.82. The molecule has 6 nitrogen and oxygen atoms in total. The van der Waals surface area contributed by atoms with Crippen LogP contribution < -0.4 is 0 Å². The molecule has 0 amide bonds. The van der Waals surface area contributed by atoms with E-state index in [4.69, 9.17) is 14.2 Å². The van der Waals surface area contributed by atoms with E-state index in [-0.39, 0.29) is 12.6 Å². The summed E-state index contributed by atoms with van der Waals surface area (Å²) >= 11 is 1.30. The number of nitrogens with zero attached hydrogens (tertiary/aromatic N) is 3. The highest BCUT2D eigenvalue weighted by Crippen LogP contribution is 2.56. The Labute approximate surface area is 150 Å². The predicted octanol–water partition coefficient (Wildman–Crippen LogP) is 2.92. The van der Waals surface area contributed by atoms with Crippen LogP contribution in [0.25, 0.3) is 0 Å². The van der Waals surface area contributed by atoms with Crippen LogP contribution in [-0.4, -0.2) is 57.0 Å². The largest absolute Gasteiger partial charge is 0.382 e. The Morgan fingerprint density at radius 3 is 2.84 bits per heavy atom. The third kappa shape index (κ3) is 2.41. The summed E-state index contributed by atoms with van der Waals surface area (Å²) in [5.41, 5.74) is -2.26. The molecule has 0 saturated carbocycles. The van der Waals surface area contributed by atoms with Gasteiger partial charge in [0.2, 0.25) is 5.60 Å². The first-order valence-electron chi connectivity index (χ1n) is 8.01. The molecule has 0 radical (unpaired) electrons. The number of rotatable bonds is 4. The maximum atomic E-state index is 15.9. The average Bonchev–Trinajstić information content (AvgIpc) is 3.09. The minimum atomic E-state index is -2.06. The number of halogens is 1. The Hall–Kier alpha value is -1.53. The van der Waals surface area contributed by atoms with Crippen molar-refractivity contribution in [2.24, 2.45) is 4.99 Å². The van der Waals surface area contributed by atoms with Gasteiger partial charge in [0.15, 0.2) is 5.67 Å². The smallest absolute Gasteiger partial charge is 0.227 e. The number of thiophene rings is 1. The molecule has 0 aliphatic carbocycles. The molecular formula is C17H22FN3O3S. The first kappa shape index (κ1) is 18.3. The molecule has 136 valence electrons. The van der Waals surface area contributed by atoms with Crippen molar-refractivity contribution < 1.29 is 18.6 Å². The van der Waals surface area contributed by atoms with Gasteiger partial charge in [-0.15, -0.1) is 11.3 Å². The molecule has 2 aliphatic rings. The van der Waals surface area contributed by atoms with E-state index in [1.807, 2.05) is 24.3 Å². The van der Waals surface area contributed by atoms with Crippen molar-refractivity contribution in [3.63, 3.8) is 0 Å². The maximum Gasteiger partial charge on any atom is 0.227 e. The van der Waals surface area contributed by atoms with Gasteiger partial charge < -0.3 is 19.1 Å². The van der Waals surface area contributed by atoms with Gasteiger partial charge in [-0.3, -0.25) is 0 Å². The molecule has 3 rings (SSSR count). The highest BCUT2D eigenvalue weighted by atomic mass is 32.1. The minimum Gasteiger partial charge on any atom is -0.382 e. The molecule has 1 saturated heterocycles. The number of hydrogen-bond donors (Lipinski definition) is 0. The molecule has 0 bridgehead atoms. The summed E-state index contributed by atoms with van der Waals surface area (Å²) in [6.07, 6.45) is 0.0896. The van der Waals surface area contributed by atoms with Crippen LogP contribution in [0.2, 0.25) is 0 Å². The molecule has 2 aliphatic heterocycles. The molecule has 1 aromatic heterocycles. The van der Waals surface area contributed by atoms with Crippen molar-refractivity contribution in [3.05, 3.63) is 15.8 Å². The topological polar surface area (TPSA) is 67.1 Å². The number of methoxy groups -OCH3 is 2. The minimum absolute atomic E-state index is 0.0912. The number of hydrogen-bond acceptors (Lipinski definition) is 7. The lowest BCUT2D eigenvalue weighted by molar-refractivity contribution is -0.0709. The SMILES string of the molecule is COCC1OC(C#N)(c2scc3c2N=CN(C)C3C)C(C)(F)C1OC. The number of aliphatic imine (C=N–C) groups is 1. The summed E-state index contributed by atoms with van der Waals surface area (Å²) in [7, 11) is 4.85. The second-order valence-electron chi connectivity index (χ2n) is 6.59. The standard InChI is InChI=1S/C17H22FN3O3S/c1-10-11-7-25-15(13(11)20-9-21(10)3)17(8-19)16(2,18)14(23-5)12(24-17)6-22-4/h7,9-10,12,14H,6H2,1-5H3. The van der Waals surface area contributed by atoms with Gasteiger partial charge in [0, 0.05) is 26.8 Å². The van der Waals surface area contributed by atoms with Crippen LogP contribution in [0.1, 0.15) is 30.3 Å². The second kappa shape index (κ2) is 6.32. The Morgan fingerprint density at radius 1 is 1.52 bits per heavy atom. The molecule has 0 aromatic carbocycles. The van der Waals surface area contributed by atoms with E-state index in [0.29, 0.717) is 10.6 Å². The van der Waals surface area contributed by atoms with Crippen LogP contribution in [0, 0.1) is 11.3 Å². The lowest BCUT2D eigenvalue weighted by Gasteiger charge is -2.33. The van der Waals surface area contributed by atoms with Gasteiger partial charge in [-0.1, -0.05) is 0 Å². The maximum absolute atomic E-state index is 15.9. The summed E-state index contributed by atoms with van der Waals surface area (Å²) in [6, 6.07) is 2.18. The number of ether oxygens (including phenoxy) is 3. The molecule has 25 heavy (non-hydrogen) atoms. The fraction of sp³-hybridized carbons (Fsp3) is 0.647. The Bertz CT molecular complexity index is 729. The normalized spacial score (nSPS) is 37.2. The Kier molecular flexibility index (Phi) is 4.62. The van der Waals surface area contributed by atoms with Crippen molar-refractivity contribution in [2.75, 3.05) is 27.9 Å². The van der Waals surface area contributed by atoms with Crippen molar-refractivity contribution in [1.29, 1.82) is 5.26 Å². The Balaban J connectivity index is 2.14. The summed E-state index contributed by atoms with van der Waals surface area (Å²) in [6.45, 7) is 3.53. The monoisotopic (exact) mass is 367 g/mol. The number of fused-ring (bicyclic) bond motifs is 1. The van der Waals surface area contributed by atoms with Crippen LogP contribution in [0.3, 0.4) is 0 Å². The predicted molar refractivity (Wildman–Crippen MR) is 93.0 cm³/mol. The zero-order valence-corrected chi connectivity index (χ0v) is 15.8. The molecule has 5 atom stereocenters. The summed E-state index contributed by atoms with van der Waals surface area (Å²) in [5, 5.41) is 11.9. The van der Waals surface area contributed by atoms with E-state index in [2.05, 4.69) is 11.1 Å². The van der Waals surface area contributed by atoms with Crippen molar-refractivity contribution in [3.8, 4) is 6.07 Å². The van der Waals surface area contributed by atoms with Gasteiger partial charge in [-0.2, -0.15) is 5.26 Å². The van der Waals surface area contributed by atoms with Gasteiger partial charge >= 0.3 is 0 Å².